The molecule has 0 bridgehead atoms. The van der Waals surface area contributed by atoms with Gasteiger partial charge in [-0.15, -0.1) is 11.6 Å². The Morgan fingerprint density at radius 1 is 1.24 bits per heavy atom. The molecule has 1 aromatic carbocycles. The highest BCUT2D eigenvalue weighted by Gasteiger charge is 2.42. The van der Waals surface area contributed by atoms with Crippen molar-refractivity contribution >= 4 is 11.6 Å². The number of methoxy groups -OCH3 is 1. The zero-order valence-corrected chi connectivity index (χ0v) is 13.3. The van der Waals surface area contributed by atoms with E-state index in [9.17, 15) is 0 Å². The van der Waals surface area contributed by atoms with Gasteiger partial charge in [-0.25, -0.2) is 0 Å². The molecule has 116 valence electrons. The second kappa shape index (κ2) is 6.45. The van der Waals surface area contributed by atoms with Crippen LogP contribution < -0.4 is 9.47 Å². The fraction of sp³-hybridized carbons (Fsp3) is 0.647. The molecule has 3 rings (SSSR count). The summed E-state index contributed by atoms with van der Waals surface area (Å²) in [5.41, 5.74) is 1.20. The number of hydrogen-bond donors (Lipinski definition) is 0. The average Bonchev–Trinajstić information content (AvgIpc) is 3.15. The standard InChI is InChI=1S/C17H23ClO3/c1-19-15-5-4-13(11-18)10-16(15)20-12-14-6-9-17(21-14)7-2-3-8-17/h4-5,10,14H,2-3,6-9,11-12H2,1H3. The smallest absolute Gasteiger partial charge is 0.161 e. The molecule has 1 aliphatic carbocycles. The first kappa shape index (κ1) is 15.0. The van der Waals surface area contributed by atoms with Crippen LogP contribution in [0.2, 0.25) is 0 Å². The van der Waals surface area contributed by atoms with Gasteiger partial charge in [0.25, 0.3) is 0 Å². The molecule has 1 aliphatic heterocycles. The van der Waals surface area contributed by atoms with Crippen molar-refractivity contribution in [1.82, 2.24) is 0 Å². The van der Waals surface area contributed by atoms with E-state index in [0.29, 0.717) is 12.5 Å². The lowest BCUT2D eigenvalue weighted by Gasteiger charge is -2.24. The number of benzene rings is 1. The molecule has 1 spiro atoms. The molecule has 0 N–H and O–H groups in total. The van der Waals surface area contributed by atoms with Crippen LogP contribution in [-0.2, 0) is 10.6 Å². The summed E-state index contributed by atoms with van der Waals surface area (Å²) in [4.78, 5) is 0. The van der Waals surface area contributed by atoms with Gasteiger partial charge in [-0.1, -0.05) is 18.9 Å². The number of alkyl halides is 1. The van der Waals surface area contributed by atoms with E-state index < -0.39 is 0 Å². The van der Waals surface area contributed by atoms with E-state index in [1.165, 1.54) is 32.1 Å². The van der Waals surface area contributed by atoms with Gasteiger partial charge < -0.3 is 14.2 Å². The van der Waals surface area contributed by atoms with Gasteiger partial charge in [-0.2, -0.15) is 0 Å². The third-order valence-corrected chi connectivity index (χ3v) is 4.97. The third-order valence-electron chi connectivity index (χ3n) is 4.66. The van der Waals surface area contributed by atoms with Gasteiger partial charge >= 0.3 is 0 Å². The van der Waals surface area contributed by atoms with Crippen molar-refractivity contribution in [2.45, 2.75) is 56.1 Å². The fourth-order valence-corrected chi connectivity index (χ4v) is 3.67. The molecule has 0 amide bonds. The average molecular weight is 311 g/mol. The Balaban J connectivity index is 1.60. The maximum Gasteiger partial charge on any atom is 0.161 e. The van der Waals surface area contributed by atoms with Crippen LogP contribution in [0.3, 0.4) is 0 Å². The van der Waals surface area contributed by atoms with E-state index in [-0.39, 0.29) is 11.7 Å². The van der Waals surface area contributed by atoms with Crippen LogP contribution in [0, 0.1) is 0 Å². The first-order valence-corrected chi connectivity index (χ1v) is 8.32. The Kier molecular flexibility index (Phi) is 4.60. The summed E-state index contributed by atoms with van der Waals surface area (Å²) in [7, 11) is 1.65. The van der Waals surface area contributed by atoms with E-state index in [1.807, 2.05) is 18.2 Å². The molecule has 0 radical (unpaired) electrons. The van der Waals surface area contributed by atoms with Crippen LogP contribution in [0.1, 0.15) is 44.1 Å². The molecule has 1 heterocycles. The molecule has 2 fully saturated rings. The highest BCUT2D eigenvalue weighted by Crippen LogP contribution is 2.43. The van der Waals surface area contributed by atoms with Crippen LogP contribution in [0.5, 0.6) is 11.5 Å². The number of hydrogen-bond acceptors (Lipinski definition) is 3. The monoisotopic (exact) mass is 310 g/mol. The second-order valence-corrected chi connectivity index (χ2v) is 6.37. The second-order valence-electron chi connectivity index (χ2n) is 6.10. The summed E-state index contributed by atoms with van der Waals surface area (Å²) in [6.45, 7) is 0.587. The summed E-state index contributed by atoms with van der Waals surface area (Å²) in [5.74, 6) is 1.98. The molecule has 1 aromatic rings. The van der Waals surface area contributed by atoms with Crippen molar-refractivity contribution in [3.8, 4) is 11.5 Å². The zero-order chi connectivity index (χ0) is 14.7. The predicted octanol–water partition coefficient (Wildman–Crippen LogP) is 4.30. The Hall–Kier alpha value is -0.930. The highest BCUT2D eigenvalue weighted by atomic mass is 35.5. The summed E-state index contributed by atoms with van der Waals surface area (Å²) in [6, 6.07) is 5.81. The Labute approximate surface area is 131 Å². The minimum Gasteiger partial charge on any atom is -0.493 e. The van der Waals surface area contributed by atoms with Crippen LogP contribution in [0.4, 0.5) is 0 Å². The van der Waals surface area contributed by atoms with E-state index in [2.05, 4.69) is 0 Å². The topological polar surface area (TPSA) is 27.7 Å². The number of halogens is 1. The van der Waals surface area contributed by atoms with Crippen LogP contribution >= 0.6 is 11.6 Å². The van der Waals surface area contributed by atoms with E-state index in [1.54, 1.807) is 7.11 Å². The molecule has 1 saturated heterocycles. The van der Waals surface area contributed by atoms with Gasteiger partial charge in [0.15, 0.2) is 11.5 Å². The quantitative estimate of drug-likeness (QED) is 0.759. The van der Waals surface area contributed by atoms with E-state index >= 15 is 0 Å². The van der Waals surface area contributed by atoms with Gasteiger partial charge in [0.05, 0.1) is 18.8 Å². The molecule has 1 saturated carbocycles. The fourth-order valence-electron chi connectivity index (χ4n) is 3.50. The maximum absolute atomic E-state index is 6.27. The predicted molar refractivity (Wildman–Crippen MR) is 83.4 cm³/mol. The Morgan fingerprint density at radius 3 is 2.76 bits per heavy atom. The molecule has 4 heteroatoms. The lowest BCUT2D eigenvalue weighted by molar-refractivity contribution is -0.0510. The summed E-state index contributed by atoms with van der Waals surface area (Å²) >= 11 is 5.88. The van der Waals surface area contributed by atoms with Crippen LogP contribution in [0.15, 0.2) is 18.2 Å². The zero-order valence-electron chi connectivity index (χ0n) is 12.6. The summed E-state index contributed by atoms with van der Waals surface area (Å²) < 4.78 is 17.6. The van der Waals surface area contributed by atoms with Gasteiger partial charge in [0.2, 0.25) is 0 Å². The molecule has 2 aliphatic rings. The molecule has 0 aromatic heterocycles. The number of rotatable bonds is 5. The number of ether oxygens (including phenoxy) is 3. The van der Waals surface area contributed by atoms with Gasteiger partial charge in [0.1, 0.15) is 6.61 Å². The summed E-state index contributed by atoms with van der Waals surface area (Å²) in [6.07, 6.45) is 7.52. The minimum absolute atomic E-state index is 0.163. The van der Waals surface area contributed by atoms with Crippen molar-refractivity contribution in [3.05, 3.63) is 23.8 Å². The van der Waals surface area contributed by atoms with E-state index in [4.69, 9.17) is 25.8 Å². The SMILES string of the molecule is COc1ccc(CCl)cc1OCC1CCC2(CCCC2)O1. The molecular formula is C17H23ClO3. The van der Waals surface area contributed by atoms with E-state index in [0.717, 1.165) is 23.5 Å². The highest BCUT2D eigenvalue weighted by molar-refractivity contribution is 6.17. The van der Waals surface area contributed by atoms with Gasteiger partial charge in [-0.05, 0) is 43.4 Å². The normalized spacial score (nSPS) is 23.6. The largest absolute Gasteiger partial charge is 0.493 e. The molecule has 21 heavy (non-hydrogen) atoms. The Morgan fingerprint density at radius 2 is 2.05 bits per heavy atom. The molecular weight excluding hydrogens is 288 g/mol. The van der Waals surface area contributed by atoms with Crippen LogP contribution in [0.25, 0.3) is 0 Å². The van der Waals surface area contributed by atoms with Crippen molar-refractivity contribution in [2.24, 2.45) is 0 Å². The lowest BCUT2D eigenvalue weighted by Crippen LogP contribution is -2.27. The van der Waals surface area contributed by atoms with Crippen molar-refractivity contribution in [2.75, 3.05) is 13.7 Å². The lowest BCUT2D eigenvalue weighted by atomic mass is 9.98. The van der Waals surface area contributed by atoms with Gasteiger partial charge in [-0.3, -0.25) is 0 Å². The minimum atomic E-state index is 0.163. The molecule has 1 unspecified atom stereocenters. The first-order chi connectivity index (χ1) is 10.2. The molecule has 3 nitrogen and oxygen atoms in total. The third kappa shape index (κ3) is 3.29. The molecule has 1 atom stereocenters. The Bertz CT molecular complexity index is 483. The van der Waals surface area contributed by atoms with Crippen molar-refractivity contribution < 1.29 is 14.2 Å². The maximum atomic E-state index is 6.27. The van der Waals surface area contributed by atoms with Crippen LogP contribution in [-0.4, -0.2) is 25.4 Å². The van der Waals surface area contributed by atoms with Gasteiger partial charge in [0, 0.05) is 5.88 Å². The van der Waals surface area contributed by atoms with Crippen molar-refractivity contribution in [1.29, 1.82) is 0 Å². The first-order valence-electron chi connectivity index (χ1n) is 7.78. The summed E-state index contributed by atoms with van der Waals surface area (Å²) in [5, 5.41) is 0. The van der Waals surface area contributed by atoms with Crippen molar-refractivity contribution in [3.63, 3.8) is 0 Å².